The van der Waals surface area contributed by atoms with Crippen LogP contribution in [0.2, 0.25) is 0 Å². The molecular formula is C14H18N2OS. The third-order valence-electron chi connectivity index (χ3n) is 3.38. The smallest absolute Gasteiger partial charge is 0.227 e. The molecule has 0 saturated heterocycles. The maximum Gasteiger partial charge on any atom is 0.227 e. The number of anilines is 1. The zero-order chi connectivity index (χ0) is 13.1. The lowest BCUT2D eigenvalue weighted by molar-refractivity contribution is -0.119. The van der Waals surface area contributed by atoms with Gasteiger partial charge in [-0.05, 0) is 24.5 Å². The maximum absolute atomic E-state index is 12.3. The SMILES string of the molecule is CC(CC(=O)N1CCCc2ccccc21)C(N)=S. The van der Waals surface area contributed by atoms with Crippen molar-refractivity contribution < 1.29 is 4.79 Å². The van der Waals surface area contributed by atoms with Gasteiger partial charge < -0.3 is 10.6 Å². The highest BCUT2D eigenvalue weighted by atomic mass is 32.1. The Labute approximate surface area is 113 Å². The summed E-state index contributed by atoms with van der Waals surface area (Å²) in [6, 6.07) is 8.09. The number of amides is 1. The standard InChI is InChI=1S/C14H18N2OS/c1-10(14(15)18)9-13(17)16-8-4-6-11-5-2-3-7-12(11)16/h2-3,5,7,10H,4,6,8-9H2,1H3,(H2,15,18). The highest BCUT2D eigenvalue weighted by Gasteiger charge is 2.23. The Morgan fingerprint density at radius 3 is 2.94 bits per heavy atom. The van der Waals surface area contributed by atoms with Crippen LogP contribution in [0.5, 0.6) is 0 Å². The average molecular weight is 262 g/mol. The molecule has 1 aromatic carbocycles. The van der Waals surface area contributed by atoms with Crippen molar-refractivity contribution in [3.05, 3.63) is 29.8 Å². The number of rotatable bonds is 3. The molecule has 0 saturated carbocycles. The fraction of sp³-hybridized carbons (Fsp3) is 0.429. The second kappa shape index (κ2) is 5.48. The van der Waals surface area contributed by atoms with E-state index in [1.807, 2.05) is 30.0 Å². The van der Waals surface area contributed by atoms with Gasteiger partial charge in [-0.25, -0.2) is 0 Å². The molecular weight excluding hydrogens is 244 g/mol. The van der Waals surface area contributed by atoms with Crippen LogP contribution in [0, 0.1) is 5.92 Å². The molecule has 0 bridgehead atoms. The molecule has 0 fully saturated rings. The van der Waals surface area contributed by atoms with Gasteiger partial charge >= 0.3 is 0 Å². The lowest BCUT2D eigenvalue weighted by Gasteiger charge is -2.30. The number of fused-ring (bicyclic) bond motifs is 1. The number of hydrogen-bond acceptors (Lipinski definition) is 2. The fourth-order valence-corrected chi connectivity index (χ4v) is 2.35. The number of nitrogens with two attached hydrogens (primary N) is 1. The van der Waals surface area contributed by atoms with Crippen LogP contribution < -0.4 is 10.6 Å². The van der Waals surface area contributed by atoms with Gasteiger partial charge in [-0.1, -0.05) is 37.3 Å². The van der Waals surface area contributed by atoms with Gasteiger partial charge in [0, 0.05) is 24.6 Å². The first kappa shape index (κ1) is 13.0. The van der Waals surface area contributed by atoms with Gasteiger partial charge in [0.2, 0.25) is 5.91 Å². The van der Waals surface area contributed by atoms with E-state index in [-0.39, 0.29) is 11.8 Å². The van der Waals surface area contributed by atoms with Crippen LogP contribution in [0.3, 0.4) is 0 Å². The van der Waals surface area contributed by atoms with Gasteiger partial charge in [-0.2, -0.15) is 0 Å². The minimum Gasteiger partial charge on any atom is -0.393 e. The van der Waals surface area contributed by atoms with Crippen molar-refractivity contribution in [1.82, 2.24) is 0 Å². The van der Waals surface area contributed by atoms with Crippen molar-refractivity contribution in [1.29, 1.82) is 0 Å². The van der Waals surface area contributed by atoms with Crippen LogP contribution in [-0.4, -0.2) is 17.4 Å². The predicted octanol–water partition coefficient (Wildman–Crippen LogP) is 2.28. The largest absolute Gasteiger partial charge is 0.393 e. The predicted molar refractivity (Wildman–Crippen MR) is 77.7 cm³/mol. The molecule has 96 valence electrons. The van der Waals surface area contributed by atoms with Crippen molar-refractivity contribution in [3.63, 3.8) is 0 Å². The summed E-state index contributed by atoms with van der Waals surface area (Å²) in [6.45, 7) is 2.69. The van der Waals surface area contributed by atoms with Gasteiger partial charge in [-0.15, -0.1) is 0 Å². The molecule has 1 unspecified atom stereocenters. The van der Waals surface area contributed by atoms with Crippen molar-refractivity contribution in [3.8, 4) is 0 Å². The molecule has 3 nitrogen and oxygen atoms in total. The number of benzene rings is 1. The van der Waals surface area contributed by atoms with Crippen LogP contribution in [0.25, 0.3) is 0 Å². The molecule has 4 heteroatoms. The highest BCUT2D eigenvalue weighted by molar-refractivity contribution is 7.80. The first-order valence-electron chi connectivity index (χ1n) is 6.27. The average Bonchev–Trinajstić information content (AvgIpc) is 2.37. The molecule has 1 aliphatic heterocycles. The van der Waals surface area contributed by atoms with Gasteiger partial charge in [0.1, 0.15) is 0 Å². The van der Waals surface area contributed by atoms with Crippen LogP contribution in [-0.2, 0) is 11.2 Å². The van der Waals surface area contributed by atoms with Crippen molar-refractivity contribution in [2.75, 3.05) is 11.4 Å². The number of hydrogen-bond donors (Lipinski definition) is 1. The number of para-hydroxylation sites is 1. The summed E-state index contributed by atoms with van der Waals surface area (Å²) in [5, 5.41) is 0. The molecule has 1 heterocycles. The minimum atomic E-state index is -0.0402. The molecule has 18 heavy (non-hydrogen) atoms. The van der Waals surface area contributed by atoms with E-state index < -0.39 is 0 Å². The van der Waals surface area contributed by atoms with Crippen molar-refractivity contribution in [2.24, 2.45) is 11.7 Å². The lowest BCUT2D eigenvalue weighted by Crippen LogP contribution is -2.37. The van der Waals surface area contributed by atoms with E-state index in [9.17, 15) is 4.79 Å². The van der Waals surface area contributed by atoms with Gasteiger partial charge in [-0.3, -0.25) is 4.79 Å². The molecule has 0 aromatic heterocycles. The lowest BCUT2D eigenvalue weighted by atomic mass is 10.00. The topological polar surface area (TPSA) is 46.3 Å². The molecule has 1 amide bonds. The zero-order valence-corrected chi connectivity index (χ0v) is 11.4. The maximum atomic E-state index is 12.3. The Bertz CT molecular complexity index is 473. The Balaban J connectivity index is 2.15. The summed E-state index contributed by atoms with van der Waals surface area (Å²) in [7, 11) is 0. The Morgan fingerprint density at radius 2 is 2.22 bits per heavy atom. The third-order valence-corrected chi connectivity index (χ3v) is 3.78. The second-order valence-corrected chi connectivity index (χ2v) is 5.26. The summed E-state index contributed by atoms with van der Waals surface area (Å²) in [5.41, 5.74) is 7.86. The number of carbonyl (C=O) groups excluding carboxylic acids is 1. The van der Waals surface area contributed by atoms with Crippen molar-refractivity contribution in [2.45, 2.75) is 26.2 Å². The third kappa shape index (κ3) is 2.70. The molecule has 0 spiro atoms. The highest BCUT2D eigenvalue weighted by Crippen LogP contribution is 2.27. The van der Waals surface area contributed by atoms with Crippen LogP contribution in [0.15, 0.2) is 24.3 Å². The monoisotopic (exact) mass is 262 g/mol. The Morgan fingerprint density at radius 1 is 1.50 bits per heavy atom. The van der Waals surface area contributed by atoms with Crippen LogP contribution in [0.1, 0.15) is 25.3 Å². The first-order chi connectivity index (χ1) is 8.59. The van der Waals surface area contributed by atoms with Gasteiger partial charge in [0.25, 0.3) is 0 Å². The van der Waals surface area contributed by atoms with E-state index in [0.717, 1.165) is 25.1 Å². The summed E-state index contributed by atoms with van der Waals surface area (Å²) < 4.78 is 0. The van der Waals surface area contributed by atoms with Crippen LogP contribution >= 0.6 is 12.2 Å². The van der Waals surface area contributed by atoms with Gasteiger partial charge in [0.05, 0.1) is 4.99 Å². The number of nitrogens with zero attached hydrogens (tertiary/aromatic N) is 1. The molecule has 2 rings (SSSR count). The molecule has 0 radical (unpaired) electrons. The normalized spacial score (nSPS) is 15.9. The van der Waals surface area contributed by atoms with E-state index in [2.05, 4.69) is 6.07 Å². The minimum absolute atomic E-state index is 0.0402. The Kier molecular flexibility index (Phi) is 3.97. The second-order valence-electron chi connectivity index (χ2n) is 4.79. The summed E-state index contributed by atoms with van der Waals surface area (Å²) in [4.78, 5) is 14.6. The number of aryl methyl sites for hydroxylation is 1. The molecule has 1 aromatic rings. The van der Waals surface area contributed by atoms with Gasteiger partial charge in [0.15, 0.2) is 0 Å². The summed E-state index contributed by atoms with van der Waals surface area (Å²) >= 11 is 4.92. The molecule has 0 aliphatic carbocycles. The molecule has 1 aliphatic rings. The summed E-state index contributed by atoms with van der Waals surface area (Å²) in [5.74, 6) is 0.0732. The first-order valence-corrected chi connectivity index (χ1v) is 6.68. The Hall–Kier alpha value is -1.42. The summed E-state index contributed by atoms with van der Waals surface area (Å²) in [6.07, 6.45) is 2.46. The van der Waals surface area contributed by atoms with E-state index in [0.29, 0.717) is 11.4 Å². The van der Waals surface area contributed by atoms with E-state index >= 15 is 0 Å². The van der Waals surface area contributed by atoms with Crippen LogP contribution in [0.4, 0.5) is 5.69 Å². The quantitative estimate of drug-likeness (QED) is 0.850. The van der Waals surface area contributed by atoms with E-state index in [1.54, 1.807) is 0 Å². The van der Waals surface area contributed by atoms with E-state index in [1.165, 1.54) is 5.56 Å². The van der Waals surface area contributed by atoms with E-state index in [4.69, 9.17) is 18.0 Å². The zero-order valence-electron chi connectivity index (χ0n) is 10.6. The molecule has 1 atom stereocenters. The van der Waals surface area contributed by atoms with Crippen molar-refractivity contribution >= 4 is 28.8 Å². The number of carbonyl (C=O) groups is 1. The number of thiocarbonyl (C=S) groups is 1. The molecule has 2 N–H and O–H groups in total. The fourth-order valence-electron chi connectivity index (χ4n) is 2.27.